The molecule has 0 unspecified atom stereocenters. The van der Waals surface area contributed by atoms with E-state index < -0.39 is 0 Å². The van der Waals surface area contributed by atoms with E-state index in [1.165, 1.54) is 16.5 Å². The molecule has 0 radical (unpaired) electrons. The van der Waals surface area contributed by atoms with Crippen molar-refractivity contribution in [3.63, 3.8) is 0 Å². The van der Waals surface area contributed by atoms with E-state index in [0.29, 0.717) is 5.69 Å². The number of hydrogen-bond acceptors (Lipinski definition) is 3. The lowest BCUT2D eigenvalue weighted by molar-refractivity contribution is 0.612. The van der Waals surface area contributed by atoms with Gasteiger partial charge in [-0.25, -0.2) is 9.07 Å². The first-order chi connectivity index (χ1) is 10.2. The van der Waals surface area contributed by atoms with Crippen molar-refractivity contribution in [3.8, 4) is 16.3 Å². The first-order valence-electron chi connectivity index (χ1n) is 6.91. The summed E-state index contributed by atoms with van der Waals surface area (Å²) in [4.78, 5) is 2.40. The fraction of sp³-hybridized carbons (Fsp3) is 0.188. The lowest BCUT2D eigenvalue weighted by Gasteiger charge is -2.06. The summed E-state index contributed by atoms with van der Waals surface area (Å²) in [6.45, 7) is 2.96. The molecule has 3 nitrogen and oxygen atoms in total. The number of thiophene rings is 1. The Morgan fingerprint density at radius 3 is 2.86 bits per heavy atom. The molecule has 1 aliphatic heterocycles. The Hall–Kier alpha value is -2.14. The number of aryl methyl sites for hydroxylation is 1. The van der Waals surface area contributed by atoms with Crippen LogP contribution in [0.1, 0.15) is 10.4 Å². The van der Waals surface area contributed by atoms with Crippen molar-refractivity contribution in [1.82, 2.24) is 9.78 Å². The summed E-state index contributed by atoms with van der Waals surface area (Å²) in [5.74, 6) is 0.659. The summed E-state index contributed by atoms with van der Waals surface area (Å²) >= 11 is 1.72. The molecule has 0 spiro atoms. The molecule has 0 atom stereocenters. The van der Waals surface area contributed by atoms with E-state index in [9.17, 15) is 4.39 Å². The van der Waals surface area contributed by atoms with Gasteiger partial charge in [-0.1, -0.05) is 12.1 Å². The molecule has 0 fully saturated rings. The molecule has 1 aliphatic rings. The van der Waals surface area contributed by atoms with Gasteiger partial charge >= 0.3 is 0 Å². The summed E-state index contributed by atoms with van der Waals surface area (Å²) in [5.41, 5.74) is 2.64. The summed E-state index contributed by atoms with van der Waals surface area (Å²) < 4.78 is 15.8. The summed E-state index contributed by atoms with van der Waals surface area (Å²) in [6.07, 6.45) is 0.927. The van der Waals surface area contributed by atoms with Crippen LogP contribution in [0.4, 0.5) is 10.2 Å². The number of nitrogens with zero attached hydrogens (tertiary/aromatic N) is 2. The van der Waals surface area contributed by atoms with Crippen molar-refractivity contribution >= 4 is 17.2 Å². The fourth-order valence-electron chi connectivity index (χ4n) is 2.73. The van der Waals surface area contributed by atoms with Crippen LogP contribution in [0, 0.1) is 12.7 Å². The van der Waals surface area contributed by atoms with Gasteiger partial charge in [-0.2, -0.15) is 5.10 Å². The molecular weight excluding hydrogens is 285 g/mol. The highest BCUT2D eigenvalue weighted by molar-refractivity contribution is 7.15. The van der Waals surface area contributed by atoms with E-state index in [2.05, 4.69) is 29.5 Å². The molecule has 0 bridgehead atoms. The maximum absolute atomic E-state index is 14.1. The van der Waals surface area contributed by atoms with Crippen LogP contribution in [0.2, 0.25) is 0 Å². The Morgan fingerprint density at radius 1 is 1.24 bits per heavy atom. The maximum atomic E-state index is 14.1. The summed E-state index contributed by atoms with van der Waals surface area (Å²) in [7, 11) is 0. The van der Waals surface area contributed by atoms with Crippen LogP contribution in [0.15, 0.2) is 36.4 Å². The van der Waals surface area contributed by atoms with E-state index in [1.54, 1.807) is 28.2 Å². The van der Waals surface area contributed by atoms with Crippen LogP contribution in [0.25, 0.3) is 16.3 Å². The van der Waals surface area contributed by atoms with Crippen LogP contribution in [-0.2, 0) is 6.42 Å². The van der Waals surface area contributed by atoms with Crippen molar-refractivity contribution in [2.45, 2.75) is 13.3 Å². The minimum absolute atomic E-state index is 0.259. The van der Waals surface area contributed by atoms with Gasteiger partial charge in [0.15, 0.2) is 0 Å². The highest BCUT2D eigenvalue weighted by atomic mass is 32.1. The Bertz CT molecular complexity index is 819. The fourth-order valence-corrected chi connectivity index (χ4v) is 3.61. The average Bonchev–Trinajstić information content (AvgIpc) is 3.15. The van der Waals surface area contributed by atoms with Gasteiger partial charge in [0.05, 0.1) is 4.88 Å². The molecule has 3 heterocycles. The number of aromatic nitrogens is 2. The van der Waals surface area contributed by atoms with Crippen LogP contribution in [0.5, 0.6) is 0 Å². The number of para-hydroxylation sites is 1. The average molecular weight is 299 g/mol. The molecule has 1 aromatic carbocycles. The third kappa shape index (κ3) is 1.96. The SMILES string of the molecule is Cc1ccc(-c2nn(-c3ccccc3F)c3c2CCN3)s1. The molecule has 106 valence electrons. The van der Waals surface area contributed by atoms with Gasteiger partial charge < -0.3 is 5.32 Å². The third-order valence-corrected chi connectivity index (χ3v) is 4.71. The van der Waals surface area contributed by atoms with E-state index in [0.717, 1.165) is 29.4 Å². The molecule has 21 heavy (non-hydrogen) atoms. The van der Waals surface area contributed by atoms with Crippen LogP contribution < -0.4 is 5.32 Å². The lowest BCUT2D eigenvalue weighted by atomic mass is 10.2. The van der Waals surface area contributed by atoms with Crippen molar-refractivity contribution in [2.24, 2.45) is 0 Å². The molecular formula is C16H14FN3S. The zero-order valence-corrected chi connectivity index (χ0v) is 12.4. The van der Waals surface area contributed by atoms with Crippen LogP contribution >= 0.6 is 11.3 Å². The first-order valence-corrected chi connectivity index (χ1v) is 7.73. The highest BCUT2D eigenvalue weighted by Crippen LogP contribution is 2.37. The van der Waals surface area contributed by atoms with Crippen molar-refractivity contribution in [1.29, 1.82) is 0 Å². The maximum Gasteiger partial charge on any atom is 0.148 e. The smallest absolute Gasteiger partial charge is 0.148 e. The normalized spacial score (nSPS) is 13.2. The van der Waals surface area contributed by atoms with Gasteiger partial charge in [-0.15, -0.1) is 11.3 Å². The molecule has 5 heteroatoms. The standard InChI is InChI=1S/C16H14FN3S/c1-10-6-7-14(21-10)15-11-8-9-18-16(11)20(19-15)13-5-3-2-4-12(13)17/h2-7,18H,8-9H2,1H3. The lowest BCUT2D eigenvalue weighted by Crippen LogP contribution is -2.05. The highest BCUT2D eigenvalue weighted by Gasteiger charge is 2.25. The molecule has 0 aliphatic carbocycles. The van der Waals surface area contributed by atoms with Crippen molar-refractivity contribution in [3.05, 3.63) is 52.7 Å². The molecule has 4 rings (SSSR count). The predicted octanol–water partition coefficient (Wildman–Crippen LogP) is 4.02. The van der Waals surface area contributed by atoms with Gasteiger partial charge in [-0.3, -0.25) is 0 Å². The quantitative estimate of drug-likeness (QED) is 0.774. The van der Waals surface area contributed by atoms with Gasteiger partial charge in [0.25, 0.3) is 0 Å². The number of hydrogen-bond donors (Lipinski definition) is 1. The van der Waals surface area contributed by atoms with E-state index in [-0.39, 0.29) is 5.82 Å². The topological polar surface area (TPSA) is 29.9 Å². The molecule has 0 amide bonds. The second-order valence-corrected chi connectivity index (χ2v) is 6.41. The van der Waals surface area contributed by atoms with Crippen LogP contribution in [-0.4, -0.2) is 16.3 Å². The van der Waals surface area contributed by atoms with Crippen LogP contribution in [0.3, 0.4) is 0 Å². The second kappa shape index (κ2) is 4.70. The number of anilines is 1. The van der Waals surface area contributed by atoms with Gasteiger partial charge in [0.2, 0.25) is 0 Å². The first kappa shape index (κ1) is 12.6. The Labute approximate surface area is 126 Å². The zero-order chi connectivity index (χ0) is 14.4. The molecule has 0 saturated carbocycles. The van der Waals surface area contributed by atoms with E-state index in [1.807, 2.05) is 6.07 Å². The molecule has 1 N–H and O–H groups in total. The van der Waals surface area contributed by atoms with Crippen molar-refractivity contribution in [2.75, 3.05) is 11.9 Å². The van der Waals surface area contributed by atoms with E-state index in [4.69, 9.17) is 0 Å². The number of halogens is 1. The van der Waals surface area contributed by atoms with Gasteiger partial charge in [0, 0.05) is 17.0 Å². The monoisotopic (exact) mass is 299 g/mol. The van der Waals surface area contributed by atoms with Crippen molar-refractivity contribution < 1.29 is 4.39 Å². The number of benzene rings is 1. The Kier molecular flexibility index (Phi) is 2.82. The third-order valence-electron chi connectivity index (χ3n) is 3.71. The second-order valence-electron chi connectivity index (χ2n) is 5.13. The minimum Gasteiger partial charge on any atom is -0.369 e. The largest absolute Gasteiger partial charge is 0.369 e. The Balaban J connectivity index is 1.93. The molecule has 0 saturated heterocycles. The molecule has 2 aromatic heterocycles. The predicted molar refractivity (Wildman–Crippen MR) is 83.8 cm³/mol. The number of fused-ring (bicyclic) bond motifs is 1. The number of rotatable bonds is 2. The van der Waals surface area contributed by atoms with Gasteiger partial charge in [-0.05, 0) is 37.6 Å². The zero-order valence-electron chi connectivity index (χ0n) is 11.6. The molecule has 3 aromatic rings. The minimum atomic E-state index is -0.259. The summed E-state index contributed by atoms with van der Waals surface area (Å²) in [6, 6.07) is 10.9. The van der Waals surface area contributed by atoms with Gasteiger partial charge in [0.1, 0.15) is 23.0 Å². The summed E-state index contributed by atoms with van der Waals surface area (Å²) in [5, 5.41) is 8.00. The number of nitrogens with one attached hydrogen (secondary N) is 1. The van der Waals surface area contributed by atoms with E-state index >= 15 is 0 Å². The Morgan fingerprint density at radius 2 is 2.10 bits per heavy atom.